The van der Waals surface area contributed by atoms with Crippen molar-refractivity contribution in [3.05, 3.63) is 62.7 Å². The van der Waals surface area contributed by atoms with E-state index in [0.29, 0.717) is 0 Å². The van der Waals surface area contributed by atoms with Gasteiger partial charge in [0.2, 0.25) is 0 Å². The lowest BCUT2D eigenvalue weighted by Gasteiger charge is -2.29. The zero-order valence-electron chi connectivity index (χ0n) is 14.6. The first-order valence-corrected chi connectivity index (χ1v) is 9.63. The maximum absolute atomic E-state index is 12.6. The van der Waals surface area contributed by atoms with E-state index in [1.54, 1.807) is 0 Å². The highest BCUT2D eigenvalue weighted by Gasteiger charge is 2.16. The molecule has 1 saturated heterocycles. The number of rotatable bonds is 4. The van der Waals surface area contributed by atoms with Crippen LogP contribution in [-0.4, -0.2) is 32.2 Å². The lowest BCUT2D eigenvalue weighted by molar-refractivity contribution is 0.0939. The van der Waals surface area contributed by atoms with Gasteiger partial charge in [-0.05, 0) is 65.8 Å². The molecule has 5 heteroatoms. The summed E-state index contributed by atoms with van der Waals surface area (Å²) in [5.74, 6) is -0.0298. The Morgan fingerprint density at radius 1 is 1.16 bits per heavy atom. The van der Waals surface area contributed by atoms with Gasteiger partial charge in [-0.15, -0.1) is 0 Å². The number of nitrogens with zero attached hydrogens (tertiary/aromatic N) is 1. The fourth-order valence-electron chi connectivity index (χ4n) is 2.98. The number of carbonyl (C=O) groups excluding carboxylic acids is 1. The van der Waals surface area contributed by atoms with E-state index >= 15 is 0 Å². The number of anilines is 1. The van der Waals surface area contributed by atoms with Crippen LogP contribution in [0.2, 0.25) is 0 Å². The fraction of sp³-hybridized carbons (Fsp3) is 0.350. The highest BCUT2D eigenvalue weighted by molar-refractivity contribution is 14.1. The van der Waals surface area contributed by atoms with Crippen LogP contribution in [0.15, 0.2) is 42.5 Å². The van der Waals surface area contributed by atoms with Crippen molar-refractivity contribution in [3.8, 4) is 0 Å². The standard InChI is InChI=1S/C20H23IN2O2/c1-14-4-3-5-18(19(14)21)20(24)22-15(2)16-6-8-17(9-7-16)23-10-12-25-13-11-23/h3-9,15H,10-13H2,1-2H3,(H,22,24). The molecule has 0 radical (unpaired) electrons. The van der Waals surface area contributed by atoms with E-state index in [0.717, 1.165) is 46.6 Å². The number of morpholine rings is 1. The summed E-state index contributed by atoms with van der Waals surface area (Å²) in [5, 5.41) is 3.10. The molecule has 4 nitrogen and oxygen atoms in total. The van der Waals surface area contributed by atoms with Crippen LogP contribution in [0.1, 0.15) is 34.5 Å². The van der Waals surface area contributed by atoms with Crippen LogP contribution < -0.4 is 10.2 Å². The maximum atomic E-state index is 12.6. The number of aryl methyl sites for hydroxylation is 1. The van der Waals surface area contributed by atoms with Crippen molar-refractivity contribution in [1.29, 1.82) is 0 Å². The minimum atomic E-state index is -0.0393. The lowest BCUT2D eigenvalue weighted by atomic mass is 10.1. The summed E-state index contributed by atoms with van der Waals surface area (Å²) in [4.78, 5) is 14.9. The monoisotopic (exact) mass is 450 g/mol. The molecule has 1 amide bonds. The average molecular weight is 450 g/mol. The molecule has 2 aromatic rings. The van der Waals surface area contributed by atoms with Gasteiger partial charge in [0.15, 0.2) is 0 Å². The van der Waals surface area contributed by atoms with E-state index in [1.807, 2.05) is 32.0 Å². The summed E-state index contributed by atoms with van der Waals surface area (Å²) in [6, 6.07) is 14.2. The highest BCUT2D eigenvalue weighted by Crippen LogP contribution is 2.22. The molecule has 1 unspecified atom stereocenters. The topological polar surface area (TPSA) is 41.6 Å². The van der Waals surface area contributed by atoms with E-state index < -0.39 is 0 Å². The number of benzene rings is 2. The van der Waals surface area contributed by atoms with E-state index in [1.165, 1.54) is 5.69 Å². The molecule has 1 N–H and O–H groups in total. The Hall–Kier alpha value is -1.60. The van der Waals surface area contributed by atoms with Crippen LogP contribution in [0.3, 0.4) is 0 Å². The van der Waals surface area contributed by atoms with Crippen molar-refractivity contribution < 1.29 is 9.53 Å². The molecular formula is C20H23IN2O2. The quantitative estimate of drug-likeness (QED) is 0.719. The van der Waals surface area contributed by atoms with Crippen LogP contribution in [0, 0.1) is 10.5 Å². The number of hydrogen-bond donors (Lipinski definition) is 1. The number of ether oxygens (including phenoxy) is 1. The first-order chi connectivity index (χ1) is 12.1. The van der Waals surface area contributed by atoms with Crippen LogP contribution >= 0.6 is 22.6 Å². The molecule has 0 saturated carbocycles. The maximum Gasteiger partial charge on any atom is 0.252 e. The van der Waals surface area contributed by atoms with Gasteiger partial charge in [0.1, 0.15) is 0 Å². The zero-order valence-corrected chi connectivity index (χ0v) is 16.7. The Morgan fingerprint density at radius 3 is 2.52 bits per heavy atom. The van der Waals surface area contributed by atoms with E-state index in [9.17, 15) is 4.79 Å². The molecule has 0 bridgehead atoms. The van der Waals surface area contributed by atoms with Gasteiger partial charge in [-0.25, -0.2) is 0 Å². The van der Waals surface area contributed by atoms with Crippen LogP contribution in [0.25, 0.3) is 0 Å². The van der Waals surface area contributed by atoms with Gasteiger partial charge in [-0.3, -0.25) is 4.79 Å². The first-order valence-electron chi connectivity index (χ1n) is 8.55. The smallest absolute Gasteiger partial charge is 0.252 e. The third-order valence-electron chi connectivity index (χ3n) is 4.55. The Morgan fingerprint density at radius 2 is 1.84 bits per heavy atom. The van der Waals surface area contributed by atoms with Crippen LogP contribution in [0.4, 0.5) is 5.69 Å². The summed E-state index contributed by atoms with van der Waals surface area (Å²) < 4.78 is 6.40. The second-order valence-corrected chi connectivity index (χ2v) is 7.40. The Kier molecular flexibility index (Phi) is 5.96. The van der Waals surface area contributed by atoms with Crippen molar-refractivity contribution in [2.45, 2.75) is 19.9 Å². The molecule has 132 valence electrons. The molecular weight excluding hydrogens is 427 g/mol. The van der Waals surface area contributed by atoms with E-state index in [-0.39, 0.29) is 11.9 Å². The third-order valence-corrected chi connectivity index (χ3v) is 5.99. The SMILES string of the molecule is Cc1cccc(C(=O)NC(C)c2ccc(N3CCOCC3)cc2)c1I. The first kappa shape index (κ1) is 18.2. The van der Waals surface area contributed by atoms with E-state index in [4.69, 9.17) is 4.74 Å². The number of amides is 1. The molecule has 1 aliphatic heterocycles. The largest absolute Gasteiger partial charge is 0.378 e. The van der Waals surface area contributed by atoms with E-state index in [2.05, 4.69) is 57.1 Å². The summed E-state index contributed by atoms with van der Waals surface area (Å²) in [7, 11) is 0. The van der Waals surface area contributed by atoms with Crippen molar-refractivity contribution in [2.75, 3.05) is 31.2 Å². The van der Waals surface area contributed by atoms with Crippen LogP contribution in [-0.2, 0) is 4.74 Å². The second kappa shape index (κ2) is 8.19. The lowest BCUT2D eigenvalue weighted by Crippen LogP contribution is -2.36. The fourth-order valence-corrected chi connectivity index (χ4v) is 3.58. The molecule has 1 fully saturated rings. The molecule has 25 heavy (non-hydrogen) atoms. The Labute approximate surface area is 162 Å². The van der Waals surface area contributed by atoms with Gasteiger partial charge < -0.3 is 15.0 Å². The number of nitrogens with one attached hydrogen (secondary N) is 1. The molecule has 1 aliphatic rings. The summed E-state index contributed by atoms with van der Waals surface area (Å²) in [5.41, 5.74) is 4.17. The molecule has 0 aromatic heterocycles. The highest BCUT2D eigenvalue weighted by atomic mass is 127. The molecule has 0 aliphatic carbocycles. The van der Waals surface area contributed by atoms with Gasteiger partial charge >= 0.3 is 0 Å². The predicted molar refractivity (Wildman–Crippen MR) is 109 cm³/mol. The van der Waals surface area contributed by atoms with Crippen LogP contribution in [0.5, 0.6) is 0 Å². The Bertz CT molecular complexity index is 740. The minimum absolute atomic E-state index is 0.0298. The van der Waals surface area contributed by atoms with Crippen molar-refractivity contribution in [3.63, 3.8) is 0 Å². The number of hydrogen-bond acceptors (Lipinski definition) is 3. The normalized spacial score (nSPS) is 15.7. The molecule has 1 atom stereocenters. The minimum Gasteiger partial charge on any atom is -0.378 e. The van der Waals surface area contributed by atoms with Gasteiger partial charge in [0.05, 0.1) is 24.8 Å². The van der Waals surface area contributed by atoms with Gasteiger partial charge in [-0.2, -0.15) is 0 Å². The summed E-state index contributed by atoms with van der Waals surface area (Å²) in [6.07, 6.45) is 0. The average Bonchev–Trinajstić information content (AvgIpc) is 2.64. The summed E-state index contributed by atoms with van der Waals surface area (Å²) in [6.45, 7) is 7.46. The molecule has 3 rings (SSSR count). The molecule has 2 aromatic carbocycles. The Balaban J connectivity index is 1.67. The summed E-state index contributed by atoms with van der Waals surface area (Å²) >= 11 is 2.23. The number of carbonyl (C=O) groups is 1. The molecule has 1 heterocycles. The van der Waals surface area contributed by atoms with Crippen molar-refractivity contribution >= 4 is 34.2 Å². The van der Waals surface area contributed by atoms with Gasteiger partial charge in [-0.1, -0.05) is 24.3 Å². The van der Waals surface area contributed by atoms with Gasteiger partial charge in [0, 0.05) is 22.3 Å². The number of halogens is 1. The molecule has 0 spiro atoms. The second-order valence-electron chi connectivity index (χ2n) is 6.32. The van der Waals surface area contributed by atoms with Gasteiger partial charge in [0.25, 0.3) is 5.91 Å². The predicted octanol–water partition coefficient (Wildman–Crippen LogP) is 3.93. The van der Waals surface area contributed by atoms with Crippen molar-refractivity contribution in [1.82, 2.24) is 5.32 Å². The third kappa shape index (κ3) is 4.33. The van der Waals surface area contributed by atoms with Crippen molar-refractivity contribution in [2.24, 2.45) is 0 Å². The zero-order chi connectivity index (χ0) is 17.8.